The Bertz CT molecular complexity index is 1540. The van der Waals surface area contributed by atoms with Crippen molar-refractivity contribution >= 4 is 32.5 Å². The fourth-order valence-corrected chi connectivity index (χ4v) is 4.67. The molecule has 6 nitrogen and oxygen atoms in total. The lowest BCUT2D eigenvalue weighted by molar-refractivity contribution is 0.415. The van der Waals surface area contributed by atoms with Gasteiger partial charge in [0, 0.05) is 16.3 Å². The van der Waals surface area contributed by atoms with Gasteiger partial charge in [0.05, 0.1) is 25.5 Å². The number of hydrogen-bond acceptors (Lipinski definition) is 6. The fourth-order valence-electron chi connectivity index (χ4n) is 3.61. The Labute approximate surface area is 181 Å². The number of ether oxygens (including phenoxy) is 1. The topological polar surface area (TPSA) is 74.3 Å². The second-order valence-corrected chi connectivity index (χ2v) is 8.37. The van der Waals surface area contributed by atoms with E-state index in [1.807, 2.05) is 55.5 Å². The van der Waals surface area contributed by atoms with Gasteiger partial charge >= 0.3 is 5.63 Å². The van der Waals surface area contributed by atoms with Gasteiger partial charge in [0.2, 0.25) is 0 Å². The first-order valence-corrected chi connectivity index (χ1v) is 10.5. The summed E-state index contributed by atoms with van der Waals surface area (Å²) in [6, 6.07) is 16.7. The molecule has 2 aromatic carbocycles. The highest BCUT2D eigenvalue weighted by molar-refractivity contribution is 7.22. The van der Waals surface area contributed by atoms with E-state index in [2.05, 4.69) is 4.98 Å². The first-order chi connectivity index (χ1) is 15.0. The van der Waals surface area contributed by atoms with Crippen LogP contribution in [0.15, 0.2) is 74.9 Å². The number of rotatable bonds is 4. The molecule has 0 atom stereocenters. The summed E-state index contributed by atoms with van der Waals surface area (Å²) < 4.78 is 12.6. The number of aryl methyl sites for hydroxylation is 1. The van der Waals surface area contributed by atoms with Crippen LogP contribution in [0.5, 0.6) is 5.75 Å². The Morgan fingerprint density at radius 2 is 1.87 bits per heavy atom. The zero-order chi connectivity index (χ0) is 21.5. The van der Waals surface area contributed by atoms with E-state index in [0.29, 0.717) is 15.8 Å². The molecule has 154 valence electrons. The minimum Gasteiger partial charge on any atom is -0.497 e. The van der Waals surface area contributed by atoms with Crippen molar-refractivity contribution in [3.63, 3.8) is 0 Å². The van der Waals surface area contributed by atoms with Crippen LogP contribution < -0.4 is 15.9 Å². The molecule has 0 fully saturated rings. The van der Waals surface area contributed by atoms with E-state index >= 15 is 0 Å². The van der Waals surface area contributed by atoms with Crippen LogP contribution in [0.25, 0.3) is 31.6 Å². The fraction of sp³-hybridized carbons (Fsp3) is 0.125. The van der Waals surface area contributed by atoms with Crippen molar-refractivity contribution in [1.82, 2.24) is 9.55 Å². The van der Waals surface area contributed by atoms with Crippen molar-refractivity contribution in [2.75, 3.05) is 7.11 Å². The summed E-state index contributed by atoms with van der Waals surface area (Å²) in [6.07, 6.45) is 1.53. The van der Waals surface area contributed by atoms with Crippen LogP contribution in [0.1, 0.15) is 11.1 Å². The molecule has 3 aromatic heterocycles. The van der Waals surface area contributed by atoms with Gasteiger partial charge in [-0.2, -0.15) is 0 Å². The maximum Gasteiger partial charge on any atom is 0.336 e. The lowest BCUT2D eigenvalue weighted by Gasteiger charge is -2.08. The van der Waals surface area contributed by atoms with E-state index < -0.39 is 5.63 Å². The van der Waals surface area contributed by atoms with Gasteiger partial charge in [0.15, 0.2) is 0 Å². The minimum atomic E-state index is -0.437. The Morgan fingerprint density at radius 1 is 1.06 bits per heavy atom. The van der Waals surface area contributed by atoms with Crippen molar-refractivity contribution < 1.29 is 9.15 Å². The molecule has 0 saturated carbocycles. The predicted octanol–water partition coefficient (Wildman–Crippen LogP) is 4.60. The second kappa shape index (κ2) is 7.52. The largest absolute Gasteiger partial charge is 0.497 e. The number of thiophene rings is 1. The van der Waals surface area contributed by atoms with Crippen molar-refractivity contribution in [1.29, 1.82) is 0 Å². The second-order valence-electron chi connectivity index (χ2n) is 7.32. The SMILES string of the molecule is COc1ccc(-c2cc3ncn(Cc4cc(=O)oc5cc(C)ccc45)c(=O)c3s2)cc1. The van der Waals surface area contributed by atoms with Crippen molar-refractivity contribution in [3.05, 3.63) is 92.8 Å². The van der Waals surface area contributed by atoms with Gasteiger partial charge in [-0.25, -0.2) is 9.78 Å². The highest BCUT2D eigenvalue weighted by Gasteiger charge is 2.13. The van der Waals surface area contributed by atoms with Crippen LogP contribution in [0.4, 0.5) is 0 Å². The van der Waals surface area contributed by atoms with Gasteiger partial charge < -0.3 is 9.15 Å². The molecule has 5 aromatic rings. The molecule has 0 unspecified atom stereocenters. The summed E-state index contributed by atoms with van der Waals surface area (Å²) in [5, 5.41) is 0.808. The van der Waals surface area contributed by atoms with Gasteiger partial charge in [0.1, 0.15) is 16.0 Å². The number of nitrogens with zero attached hydrogens (tertiary/aromatic N) is 2. The number of fused-ring (bicyclic) bond motifs is 2. The molecule has 7 heteroatoms. The van der Waals surface area contributed by atoms with Gasteiger partial charge in [0.25, 0.3) is 5.56 Å². The van der Waals surface area contributed by atoms with Crippen LogP contribution in [0.2, 0.25) is 0 Å². The Morgan fingerprint density at radius 3 is 2.65 bits per heavy atom. The Hall–Kier alpha value is -3.71. The Kier molecular flexibility index (Phi) is 4.67. The third-order valence-corrected chi connectivity index (χ3v) is 6.37. The lowest BCUT2D eigenvalue weighted by atomic mass is 10.1. The molecule has 0 aliphatic carbocycles. The first-order valence-electron chi connectivity index (χ1n) is 9.68. The minimum absolute atomic E-state index is 0.136. The van der Waals surface area contributed by atoms with Crippen LogP contribution in [0.3, 0.4) is 0 Å². The lowest BCUT2D eigenvalue weighted by Crippen LogP contribution is -2.21. The highest BCUT2D eigenvalue weighted by atomic mass is 32.1. The molecule has 0 aliphatic rings. The molecule has 3 heterocycles. The van der Waals surface area contributed by atoms with Crippen LogP contribution >= 0.6 is 11.3 Å². The van der Waals surface area contributed by atoms with Gasteiger partial charge in [-0.15, -0.1) is 11.3 Å². The normalized spacial score (nSPS) is 11.3. The van der Waals surface area contributed by atoms with Crippen molar-refractivity contribution in [2.24, 2.45) is 0 Å². The molecule has 0 bridgehead atoms. The molecule has 0 saturated heterocycles. The predicted molar refractivity (Wildman–Crippen MR) is 122 cm³/mol. The molecule has 0 N–H and O–H groups in total. The van der Waals surface area contributed by atoms with E-state index in [1.54, 1.807) is 7.11 Å². The van der Waals surface area contributed by atoms with E-state index in [9.17, 15) is 9.59 Å². The standard InChI is InChI=1S/C24H18N2O4S/c1-14-3-8-18-16(10-22(27)30-20(18)9-14)12-26-13-25-19-11-21(31-23(19)24(26)28)15-4-6-17(29-2)7-5-15/h3-11,13H,12H2,1-2H3. The smallest absolute Gasteiger partial charge is 0.336 e. The summed E-state index contributed by atoms with van der Waals surface area (Å²) >= 11 is 1.41. The van der Waals surface area contributed by atoms with Crippen LogP contribution in [0, 0.1) is 6.92 Å². The van der Waals surface area contributed by atoms with Crippen molar-refractivity contribution in [3.8, 4) is 16.2 Å². The maximum absolute atomic E-state index is 13.2. The molecule has 0 aliphatic heterocycles. The van der Waals surface area contributed by atoms with E-state index in [0.717, 1.165) is 32.7 Å². The number of hydrogen-bond donors (Lipinski definition) is 0. The Balaban J connectivity index is 1.57. The van der Waals surface area contributed by atoms with Crippen molar-refractivity contribution in [2.45, 2.75) is 13.5 Å². The van der Waals surface area contributed by atoms with E-state index in [4.69, 9.17) is 9.15 Å². The van der Waals surface area contributed by atoms with Gasteiger partial charge in [-0.3, -0.25) is 9.36 Å². The molecule has 5 rings (SSSR count). The summed E-state index contributed by atoms with van der Waals surface area (Å²) in [7, 11) is 1.63. The summed E-state index contributed by atoms with van der Waals surface area (Å²) in [5.74, 6) is 0.778. The maximum atomic E-state index is 13.2. The van der Waals surface area contributed by atoms with Crippen LogP contribution in [-0.4, -0.2) is 16.7 Å². The average molecular weight is 430 g/mol. The van der Waals surface area contributed by atoms with E-state index in [1.165, 1.54) is 28.3 Å². The zero-order valence-corrected chi connectivity index (χ0v) is 17.7. The first kappa shape index (κ1) is 19.3. The number of aromatic nitrogens is 2. The molecule has 0 amide bonds. The van der Waals surface area contributed by atoms with Gasteiger partial charge in [-0.05, 0) is 60.0 Å². The van der Waals surface area contributed by atoms with E-state index in [-0.39, 0.29) is 12.1 Å². The molecular weight excluding hydrogens is 412 g/mol. The zero-order valence-electron chi connectivity index (χ0n) is 16.9. The summed E-state index contributed by atoms with van der Waals surface area (Å²) in [4.78, 5) is 30.6. The monoisotopic (exact) mass is 430 g/mol. The molecule has 31 heavy (non-hydrogen) atoms. The van der Waals surface area contributed by atoms with Gasteiger partial charge in [-0.1, -0.05) is 12.1 Å². The molecular formula is C24H18N2O4S. The summed E-state index contributed by atoms with van der Waals surface area (Å²) in [6.45, 7) is 2.17. The molecule has 0 spiro atoms. The van der Waals surface area contributed by atoms with Crippen LogP contribution in [-0.2, 0) is 6.54 Å². The molecule has 0 radical (unpaired) electrons. The third-order valence-electron chi connectivity index (χ3n) is 5.20. The summed E-state index contributed by atoms with van der Waals surface area (Å²) in [5.41, 5.74) is 3.32. The number of methoxy groups -OCH3 is 1. The number of benzene rings is 2. The highest BCUT2D eigenvalue weighted by Crippen LogP contribution is 2.31. The quantitative estimate of drug-likeness (QED) is 0.390. The average Bonchev–Trinajstić information content (AvgIpc) is 3.20. The third kappa shape index (κ3) is 3.53.